The monoisotopic (exact) mass is 292 g/mol. The first-order valence-electron chi connectivity index (χ1n) is 6.10. The van der Waals surface area contributed by atoms with E-state index in [0.29, 0.717) is 0 Å². The fourth-order valence-electron chi connectivity index (χ4n) is 2.08. The van der Waals surface area contributed by atoms with Crippen LogP contribution in [0.4, 0.5) is 0 Å². The van der Waals surface area contributed by atoms with E-state index >= 15 is 0 Å². The fraction of sp³-hybridized carbons (Fsp3) is 0.833. The molecular weight excluding hydrogens is 272 g/mol. The maximum Gasteiger partial charge on any atom is 0.303 e. The Balaban J connectivity index is 2.89. The molecule has 5 atom stereocenters. The van der Waals surface area contributed by atoms with Crippen molar-refractivity contribution in [2.24, 2.45) is 0 Å². The molecule has 1 fully saturated rings. The average Bonchev–Trinajstić information content (AvgIpc) is 2.37. The third-order valence-corrected chi connectivity index (χ3v) is 2.91. The summed E-state index contributed by atoms with van der Waals surface area (Å²) >= 11 is 0. The molecule has 0 aromatic heterocycles. The van der Waals surface area contributed by atoms with Gasteiger partial charge in [-0.3, -0.25) is 9.59 Å². The molecule has 116 valence electrons. The highest BCUT2D eigenvalue weighted by atomic mass is 16.7. The van der Waals surface area contributed by atoms with Crippen molar-refractivity contribution in [2.75, 3.05) is 20.8 Å². The molecule has 0 spiro atoms. The Morgan fingerprint density at radius 3 is 2.10 bits per heavy atom. The van der Waals surface area contributed by atoms with E-state index in [1.807, 2.05) is 0 Å². The summed E-state index contributed by atoms with van der Waals surface area (Å²) in [6, 6.07) is 0. The minimum Gasteiger partial charge on any atom is -0.463 e. The summed E-state index contributed by atoms with van der Waals surface area (Å²) in [5, 5.41) is 9.85. The normalized spacial score (nSPS) is 33.5. The lowest BCUT2D eigenvalue weighted by Crippen LogP contribution is -2.61. The van der Waals surface area contributed by atoms with Gasteiger partial charge in [0.2, 0.25) is 0 Å². The summed E-state index contributed by atoms with van der Waals surface area (Å²) in [7, 11) is 2.77. The van der Waals surface area contributed by atoms with Crippen LogP contribution in [0.15, 0.2) is 0 Å². The van der Waals surface area contributed by atoms with Crippen LogP contribution in [0.3, 0.4) is 0 Å². The smallest absolute Gasteiger partial charge is 0.303 e. The van der Waals surface area contributed by atoms with Crippen LogP contribution in [-0.2, 0) is 33.3 Å². The molecule has 0 aliphatic carbocycles. The first kappa shape index (κ1) is 16.8. The Hall–Kier alpha value is -1.22. The molecule has 1 heterocycles. The quantitative estimate of drug-likeness (QED) is 0.659. The second-order valence-corrected chi connectivity index (χ2v) is 4.34. The van der Waals surface area contributed by atoms with Gasteiger partial charge < -0.3 is 28.8 Å². The second kappa shape index (κ2) is 7.53. The molecule has 0 amide bonds. The van der Waals surface area contributed by atoms with Crippen LogP contribution < -0.4 is 0 Å². The van der Waals surface area contributed by atoms with Crippen LogP contribution in [-0.4, -0.2) is 68.6 Å². The van der Waals surface area contributed by atoms with Crippen molar-refractivity contribution >= 4 is 11.9 Å². The zero-order chi connectivity index (χ0) is 15.3. The number of aliphatic hydroxyl groups excluding tert-OH is 1. The fourth-order valence-corrected chi connectivity index (χ4v) is 2.08. The van der Waals surface area contributed by atoms with Crippen LogP contribution >= 0.6 is 0 Å². The summed E-state index contributed by atoms with van der Waals surface area (Å²) in [4.78, 5) is 22.1. The van der Waals surface area contributed by atoms with Gasteiger partial charge in [-0.2, -0.15) is 0 Å². The predicted octanol–water partition coefficient (Wildman–Crippen LogP) is -0.772. The lowest BCUT2D eigenvalue weighted by molar-refractivity contribution is -0.298. The molecule has 1 aliphatic rings. The lowest BCUT2D eigenvalue weighted by atomic mass is 9.98. The molecular formula is C12H20O8. The molecule has 8 heteroatoms. The maximum atomic E-state index is 11.2. The molecule has 0 bridgehead atoms. The zero-order valence-corrected chi connectivity index (χ0v) is 11.9. The Morgan fingerprint density at radius 2 is 1.65 bits per heavy atom. The van der Waals surface area contributed by atoms with Gasteiger partial charge in [-0.05, 0) is 0 Å². The van der Waals surface area contributed by atoms with Gasteiger partial charge in [0.15, 0.2) is 12.4 Å². The van der Waals surface area contributed by atoms with Crippen molar-refractivity contribution in [3.05, 3.63) is 0 Å². The van der Waals surface area contributed by atoms with Crippen LogP contribution in [0, 0.1) is 0 Å². The standard InChI is InChI=1S/C12H20O8/c1-6(13)18-5-8-9(19-7(2)14)10(16-3)11(17-4)12(15)20-8/h8-12,15H,5H2,1-4H3/t8-,9-,10+,11+,12+/m1/s1. The zero-order valence-electron chi connectivity index (χ0n) is 11.9. The molecule has 0 aromatic carbocycles. The highest BCUT2D eigenvalue weighted by Gasteiger charge is 2.48. The number of carbonyl (C=O) groups excluding carboxylic acids is 2. The van der Waals surface area contributed by atoms with Crippen molar-refractivity contribution in [3.8, 4) is 0 Å². The first-order chi connectivity index (χ1) is 9.40. The topological polar surface area (TPSA) is 101 Å². The molecule has 1 N–H and O–H groups in total. The van der Waals surface area contributed by atoms with Crippen LogP contribution in [0.25, 0.3) is 0 Å². The van der Waals surface area contributed by atoms with Crippen molar-refractivity contribution < 1.29 is 38.4 Å². The molecule has 0 saturated carbocycles. The number of carbonyl (C=O) groups is 2. The summed E-state index contributed by atoms with van der Waals surface area (Å²) < 4.78 is 25.6. The highest BCUT2D eigenvalue weighted by molar-refractivity contribution is 5.66. The van der Waals surface area contributed by atoms with Crippen LogP contribution in [0.1, 0.15) is 13.8 Å². The number of rotatable bonds is 5. The van der Waals surface area contributed by atoms with E-state index in [4.69, 9.17) is 23.7 Å². The van der Waals surface area contributed by atoms with Gasteiger partial charge in [-0.25, -0.2) is 0 Å². The van der Waals surface area contributed by atoms with Crippen LogP contribution in [0.2, 0.25) is 0 Å². The number of hydrogen-bond acceptors (Lipinski definition) is 8. The van der Waals surface area contributed by atoms with Gasteiger partial charge in [0, 0.05) is 28.1 Å². The summed E-state index contributed by atoms with van der Waals surface area (Å²) in [5.74, 6) is -1.05. The molecule has 1 rings (SSSR count). The maximum absolute atomic E-state index is 11.2. The van der Waals surface area contributed by atoms with Crippen molar-refractivity contribution in [3.63, 3.8) is 0 Å². The van der Waals surface area contributed by atoms with E-state index in [0.717, 1.165) is 0 Å². The summed E-state index contributed by atoms with van der Waals surface area (Å²) in [6.45, 7) is 2.31. The third-order valence-electron chi connectivity index (χ3n) is 2.91. The van der Waals surface area contributed by atoms with Gasteiger partial charge in [0.1, 0.15) is 24.9 Å². The number of hydrogen-bond donors (Lipinski definition) is 1. The molecule has 8 nitrogen and oxygen atoms in total. The SMILES string of the molecule is CO[C@@H]1[C@H](OC)[C@@H](O)O[C@H](COC(C)=O)[C@H]1OC(C)=O. The van der Waals surface area contributed by atoms with Gasteiger partial charge in [0.05, 0.1) is 0 Å². The predicted molar refractivity (Wildman–Crippen MR) is 64.7 cm³/mol. The Morgan fingerprint density at radius 1 is 1.05 bits per heavy atom. The second-order valence-electron chi connectivity index (χ2n) is 4.34. The van der Waals surface area contributed by atoms with E-state index in [9.17, 15) is 14.7 Å². The van der Waals surface area contributed by atoms with E-state index in [1.54, 1.807) is 0 Å². The molecule has 1 aliphatic heterocycles. The average molecular weight is 292 g/mol. The number of esters is 2. The number of methoxy groups -OCH3 is 2. The van der Waals surface area contributed by atoms with E-state index in [-0.39, 0.29) is 6.61 Å². The van der Waals surface area contributed by atoms with Crippen molar-refractivity contribution in [1.82, 2.24) is 0 Å². The molecule has 0 radical (unpaired) electrons. The van der Waals surface area contributed by atoms with Crippen LogP contribution in [0.5, 0.6) is 0 Å². The molecule has 20 heavy (non-hydrogen) atoms. The molecule has 0 aromatic rings. The third kappa shape index (κ3) is 4.14. The Bertz CT molecular complexity index is 344. The minimum absolute atomic E-state index is 0.166. The molecule has 0 unspecified atom stereocenters. The summed E-state index contributed by atoms with van der Waals surface area (Å²) in [6.07, 6.45) is -4.54. The van der Waals surface area contributed by atoms with Crippen molar-refractivity contribution in [1.29, 1.82) is 0 Å². The van der Waals surface area contributed by atoms with Gasteiger partial charge in [-0.1, -0.05) is 0 Å². The van der Waals surface area contributed by atoms with E-state index in [2.05, 4.69) is 0 Å². The largest absolute Gasteiger partial charge is 0.463 e. The van der Waals surface area contributed by atoms with E-state index < -0.39 is 42.6 Å². The first-order valence-corrected chi connectivity index (χ1v) is 6.10. The van der Waals surface area contributed by atoms with E-state index in [1.165, 1.54) is 28.1 Å². The van der Waals surface area contributed by atoms with Gasteiger partial charge in [-0.15, -0.1) is 0 Å². The minimum atomic E-state index is -1.28. The highest BCUT2D eigenvalue weighted by Crippen LogP contribution is 2.26. The summed E-state index contributed by atoms with van der Waals surface area (Å²) in [5.41, 5.74) is 0. The lowest BCUT2D eigenvalue weighted by Gasteiger charge is -2.42. The number of aliphatic hydroxyl groups is 1. The molecule has 1 saturated heterocycles. The Labute approximate surface area is 116 Å². The Kier molecular flexibility index (Phi) is 6.34. The van der Waals surface area contributed by atoms with Gasteiger partial charge >= 0.3 is 11.9 Å². The van der Waals surface area contributed by atoms with Crippen molar-refractivity contribution in [2.45, 2.75) is 44.6 Å². The van der Waals surface area contributed by atoms with Gasteiger partial charge in [0.25, 0.3) is 0 Å². The number of ether oxygens (including phenoxy) is 5.